The van der Waals surface area contributed by atoms with Crippen molar-refractivity contribution < 1.29 is 5.11 Å². The molecule has 0 saturated carbocycles. The van der Waals surface area contributed by atoms with E-state index < -0.39 is 0 Å². The molecule has 0 aliphatic heterocycles. The van der Waals surface area contributed by atoms with Crippen molar-refractivity contribution in [3.05, 3.63) is 23.0 Å². The minimum Gasteiger partial charge on any atom is -0.396 e. The van der Waals surface area contributed by atoms with Crippen LogP contribution < -0.4 is 5.32 Å². The molecular formula is C13H21N3OS. The summed E-state index contributed by atoms with van der Waals surface area (Å²) in [6.45, 7) is 2.97. The predicted octanol–water partition coefficient (Wildman–Crippen LogP) is 1.41. The van der Waals surface area contributed by atoms with E-state index in [1.807, 2.05) is 24.6 Å². The lowest BCUT2D eigenvalue weighted by Crippen LogP contribution is -2.31. The third-order valence-electron chi connectivity index (χ3n) is 3.18. The summed E-state index contributed by atoms with van der Waals surface area (Å²) in [6.07, 6.45) is 2.82. The normalized spacial score (nSPS) is 12.4. The van der Waals surface area contributed by atoms with Crippen LogP contribution in [0.25, 0.3) is 0 Å². The van der Waals surface area contributed by atoms with E-state index in [2.05, 4.69) is 17.6 Å². The van der Waals surface area contributed by atoms with E-state index in [1.54, 1.807) is 11.8 Å². The fraction of sp³-hybridized carbons (Fsp3) is 0.615. The Labute approximate surface area is 113 Å². The molecule has 2 N–H and O–H groups in total. The largest absolute Gasteiger partial charge is 0.396 e. The first-order valence-corrected chi connectivity index (χ1v) is 7.41. The molecule has 0 radical (unpaired) electrons. The Bertz CT molecular complexity index is 417. The van der Waals surface area contributed by atoms with Crippen LogP contribution in [0.3, 0.4) is 0 Å². The first-order valence-electron chi connectivity index (χ1n) is 6.02. The van der Waals surface area contributed by atoms with Gasteiger partial charge >= 0.3 is 0 Å². The van der Waals surface area contributed by atoms with E-state index in [4.69, 9.17) is 10.4 Å². The van der Waals surface area contributed by atoms with Gasteiger partial charge in [-0.05, 0) is 31.2 Å². The zero-order valence-electron chi connectivity index (χ0n) is 11.2. The summed E-state index contributed by atoms with van der Waals surface area (Å²) >= 11 is 1.77. The van der Waals surface area contributed by atoms with E-state index >= 15 is 0 Å². The highest BCUT2D eigenvalue weighted by Gasteiger charge is 2.11. The van der Waals surface area contributed by atoms with E-state index in [0.29, 0.717) is 11.7 Å². The lowest BCUT2D eigenvalue weighted by Gasteiger charge is -2.16. The maximum atomic E-state index is 9.00. The van der Waals surface area contributed by atoms with Crippen LogP contribution >= 0.6 is 11.8 Å². The van der Waals surface area contributed by atoms with Crippen LogP contribution in [0.2, 0.25) is 0 Å². The van der Waals surface area contributed by atoms with Crippen molar-refractivity contribution in [3.63, 3.8) is 0 Å². The summed E-state index contributed by atoms with van der Waals surface area (Å²) in [6, 6.07) is 4.43. The highest BCUT2D eigenvalue weighted by Crippen LogP contribution is 2.13. The average molecular weight is 267 g/mol. The SMILES string of the molecule is CSCC(CCO)NCc1cc(C#N)n(C)c1C. The Morgan fingerprint density at radius 3 is 2.83 bits per heavy atom. The second-order valence-corrected chi connectivity index (χ2v) is 5.27. The lowest BCUT2D eigenvalue weighted by atomic mass is 10.2. The molecule has 0 aromatic carbocycles. The summed E-state index contributed by atoms with van der Waals surface area (Å²) in [5.41, 5.74) is 2.96. The molecule has 0 fully saturated rings. The first-order chi connectivity index (χ1) is 8.63. The zero-order chi connectivity index (χ0) is 13.5. The molecule has 1 aromatic rings. The van der Waals surface area contributed by atoms with Gasteiger partial charge in [0.25, 0.3) is 0 Å². The van der Waals surface area contributed by atoms with Crippen LogP contribution in [0.1, 0.15) is 23.4 Å². The monoisotopic (exact) mass is 267 g/mol. The van der Waals surface area contributed by atoms with Gasteiger partial charge in [0, 0.05) is 37.7 Å². The van der Waals surface area contributed by atoms with E-state index in [1.165, 1.54) is 0 Å². The molecule has 4 nitrogen and oxygen atoms in total. The van der Waals surface area contributed by atoms with E-state index in [9.17, 15) is 0 Å². The number of nitriles is 1. The van der Waals surface area contributed by atoms with E-state index in [-0.39, 0.29) is 6.61 Å². The number of hydrogen-bond acceptors (Lipinski definition) is 4. The zero-order valence-corrected chi connectivity index (χ0v) is 12.0. The Morgan fingerprint density at radius 2 is 2.33 bits per heavy atom. The molecule has 1 rings (SSSR count). The van der Waals surface area contributed by atoms with Crippen LogP contribution in [0, 0.1) is 18.3 Å². The number of rotatable bonds is 7. The summed E-state index contributed by atoms with van der Waals surface area (Å²) in [7, 11) is 1.91. The smallest absolute Gasteiger partial charge is 0.120 e. The molecule has 0 saturated heterocycles. The molecule has 1 heterocycles. The molecule has 1 unspecified atom stereocenters. The molecule has 18 heavy (non-hydrogen) atoms. The fourth-order valence-corrected chi connectivity index (χ4v) is 2.59. The van der Waals surface area contributed by atoms with Crippen LogP contribution in [0.4, 0.5) is 0 Å². The average Bonchev–Trinajstić information content (AvgIpc) is 2.64. The number of nitrogens with zero attached hydrogens (tertiary/aromatic N) is 2. The van der Waals surface area contributed by atoms with Gasteiger partial charge in [-0.2, -0.15) is 17.0 Å². The standard InChI is InChI=1S/C13H21N3OS/c1-10-11(6-13(7-14)16(10)2)8-15-12(4-5-17)9-18-3/h6,12,15,17H,4-5,8-9H2,1-3H3. The Kier molecular flexibility index (Phi) is 6.27. The maximum Gasteiger partial charge on any atom is 0.120 e. The molecule has 1 aromatic heterocycles. The van der Waals surface area contributed by atoms with Crippen molar-refractivity contribution >= 4 is 11.8 Å². The lowest BCUT2D eigenvalue weighted by molar-refractivity contribution is 0.269. The Balaban J connectivity index is 2.65. The molecular weight excluding hydrogens is 246 g/mol. The van der Waals surface area contributed by atoms with Gasteiger partial charge in [0.15, 0.2) is 0 Å². The van der Waals surface area contributed by atoms with Gasteiger partial charge in [-0.25, -0.2) is 0 Å². The van der Waals surface area contributed by atoms with Gasteiger partial charge in [0.2, 0.25) is 0 Å². The molecule has 0 spiro atoms. The maximum absolute atomic E-state index is 9.00. The summed E-state index contributed by atoms with van der Waals surface area (Å²) in [4.78, 5) is 0. The van der Waals surface area contributed by atoms with Crippen molar-refractivity contribution in [3.8, 4) is 6.07 Å². The summed E-state index contributed by atoms with van der Waals surface area (Å²) in [5.74, 6) is 0.984. The van der Waals surface area contributed by atoms with Gasteiger partial charge in [0.05, 0.1) is 0 Å². The predicted molar refractivity (Wildman–Crippen MR) is 75.6 cm³/mol. The molecule has 100 valence electrons. The highest BCUT2D eigenvalue weighted by molar-refractivity contribution is 7.98. The van der Waals surface area contributed by atoms with Gasteiger partial charge < -0.3 is 15.0 Å². The van der Waals surface area contributed by atoms with Crippen LogP contribution in [0.15, 0.2) is 6.07 Å². The van der Waals surface area contributed by atoms with Gasteiger partial charge in [-0.15, -0.1) is 0 Å². The third kappa shape index (κ3) is 3.77. The quantitative estimate of drug-likeness (QED) is 0.784. The van der Waals surface area contributed by atoms with Crippen molar-refractivity contribution in [2.45, 2.75) is 25.9 Å². The minimum atomic E-state index is 0.204. The minimum absolute atomic E-state index is 0.204. The van der Waals surface area contributed by atoms with Crippen LogP contribution in [0.5, 0.6) is 0 Å². The topological polar surface area (TPSA) is 61.0 Å². The van der Waals surface area contributed by atoms with Crippen LogP contribution in [-0.2, 0) is 13.6 Å². The first kappa shape index (κ1) is 15.1. The van der Waals surface area contributed by atoms with Crippen molar-refractivity contribution in [2.75, 3.05) is 18.6 Å². The molecule has 0 amide bonds. The second kappa shape index (κ2) is 7.47. The van der Waals surface area contributed by atoms with Crippen molar-refractivity contribution in [2.24, 2.45) is 7.05 Å². The number of aromatic nitrogens is 1. The second-order valence-electron chi connectivity index (χ2n) is 4.36. The molecule has 5 heteroatoms. The van der Waals surface area contributed by atoms with Crippen molar-refractivity contribution in [1.82, 2.24) is 9.88 Å². The van der Waals surface area contributed by atoms with Gasteiger partial charge in [-0.1, -0.05) is 0 Å². The molecule has 0 aliphatic rings. The molecule has 0 bridgehead atoms. The number of hydrogen-bond donors (Lipinski definition) is 2. The number of thioether (sulfide) groups is 1. The number of aliphatic hydroxyl groups excluding tert-OH is 1. The molecule has 1 atom stereocenters. The number of nitrogens with one attached hydrogen (secondary N) is 1. The van der Waals surface area contributed by atoms with Gasteiger partial charge in [0.1, 0.15) is 11.8 Å². The molecule has 0 aliphatic carbocycles. The van der Waals surface area contributed by atoms with E-state index in [0.717, 1.165) is 30.0 Å². The van der Waals surface area contributed by atoms with Crippen LogP contribution in [-0.4, -0.2) is 34.3 Å². The van der Waals surface area contributed by atoms with Gasteiger partial charge in [-0.3, -0.25) is 0 Å². The Hall–Kier alpha value is -0.960. The highest BCUT2D eigenvalue weighted by atomic mass is 32.2. The Morgan fingerprint density at radius 1 is 1.61 bits per heavy atom. The van der Waals surface area contributed by atoms with Crippen molar-refractivity contribution in [1.29, 1.82) is 5.26 Å². The third-order valence-corrected chi connectivity index (χ3v) is 3.92. The summed E-state index contributed by atoms with van der Waals surface area (Å²) < 4.78 is 1.91. The number of aliphatic hydroxyl groups is 1. The summed E-state index contributed by atoms with van der Waals surface area (Å²) in [5, 5.41) is 21.4. The fourth-order valence-electron chi connectivity index (χ4n) is 1.90.